The van der Waals surface area contributed by atoms with E-state index in [9.17, 15) is 4.79 Å². The van der Waals surface area contributed by atoms with Crippen LogP contribution in [0.5, 0.6) is 0 Å². The quantitative estimate of drug-likeness (QED) is 0.766. The van der Waals surface area contributed by atoms with Crippen LogP contribution in [0, 0.1) is 0 Å². The topological polar surface area (TPSA) is 68.3 Å². The minimum Gasteiger partial charge on any atom is -0.332 e. The summed E-state index contributed by atoms with van der Waals surface area (Å²) in [7, 11) is 0. The van der Waals surface area contributed by atoms with Crippen LogP contribution in [0.1, 0.15) is 13.8 Å². The summed E-state index contributed by atoms with van der Waals surface area (Å²) in [5.41, 5.74) is 0.816. The lowest BCUT2D eigenvalue weighted by Crippen LogP contribution is -3.14. The van der Waals surface area contributed by atoms with E-state index in [0.717, 1.165) is 38.4 Å². The predicted molar refractivity (Wildman–Crippen MR) is 97.3 cm³/mol. The van der Waals surface area contributed by atoms with Crippen molar-refractivity contribution < 1.29 is 9.69 Å². The molecule has 9 heteroatoms. The monoisotopic (exact) mass is 381 g/mol. The van der Waals surface area contributed by atoms with E-state index in [1.807, 2.05) is 24.0 Å². The lowest BCUT2D eigenvalue weighted by atomic mass is 10.3. The van der Waals surface area contributed by atoms with Crippen LogP contribution >= 0.6 is 23.4 Å². The second-order valence-corrected chi connectivity index (χ2v) is 7.78. The van der Waals surface area contributed by atoms with E-state index in [1.54, 1.807) is 21.7 Å². The third-order valence-corrected chi connectivity index (χ3v) is 5.70. The molecule has 2 heterocycles. The van der Waals surface area contributed by atoms with Gasteiger partial charge in [0.1, 0.15) is 0 Å². The number of aromatic nitrogens is 4. The highest BCUT2D eigenvalue weighted by atomic mass is 35.5. The molecule has 0 spiro atoms. The molecule has 1 atom stereocenters. The molecule has 1 N–H and O–H groups in total. The molecular weight excluding hydrogens is 360 g/mol. The van der Waals surface area contributed by atoms with Crippen LogP contribution in [0.15, 0.2) is 29.4 Å². The lowest BCUT2D eigenvalue weighted by molar-refractivity contribution is -0.902. The number of piperazine rings is 1. The van der Waals surface area contributed by atoms with E-state index in [1.165, 1.54) is 11.8 Å². The second-order valence-electron chi connectivity index (χ2n) is 6.04. The van der Waals surface area contributed by atoms with Crippen molar-refractivity contribution in [2.24, 2.45) is 0 Å². The van der Waals surface area contributed by atoms with Gasteiger partial charge in [-0.1, -0.05) is 23.4 Å². The SMILES string of the molecule is CC[NH+]1CCN(C(=O)[C@H](C)Sc2nnnn2-c2ccc(Cl)cc2)CC1. The Labute approximate surface area is 156 Å². The first-order valence-corrected chi connectivity index (χ1v) is 9.67. The normalized spacial score (nSPS) is 16.8. The van der Waals surface area contributed by atoms with Gasteiger partial charge in [-0.3, -0.25) is 4.79 Å². The molecule has 1 saturated heterocycles. The first-order chi connectivity index (χ1) is 12.1. The van der Waals surface area contributed by atoms with E-state index in [0.29, 0.717) is 10.2 Å². The molecule has 0 aliphatic carbocycles. The first kappa shape index (κ1) is 18.2. The van der Waals surface area contributed by atoms with Gasteiger partial charge in [0.15, 0.2) is 0 Å². The smallest absolute Gasteiger partial charge is 0.236 e. The zero-order valence-corrected chi connectivity index (χ0v) is 15.9. The Kier molecular flexibility index (Phi) is 5.93. The number of likely N-dealkylation sites (N-methyl/N-ethyl adjacent to an activating group) is 1. The molecule has 0 unspecified atom stereocenters. The Hall–Kier alpha value is -1.64. The van der Waals surface area contributed by atoms with Crippen LogP contribution in [0.3, 0.4) is 0 Å². The number of nitrogens with one attached hydrogen (secondary N) is 1. The van der Waals surface area contributed by atoms with Crippen molar-refractivity contribution in [3.05, 3.63) is 29.3 Å². The number of quaternary nitrogens is 1. The fourth-order valence-electron chi connectivity index (χ4n) is 2.86. The summed E-state index contributed by atoms with van der Waals surface area (Å²) in [4.78, 5) is 16.2. The predicted octanol–water partition coefficient (Wildman–Crippen LogP) is 0.543. The van der Waals surface area contributed by atoms with Gasteiger partial charge in [-0.25, -0.2) is 0 Å². The highest BCUT2D eigenvalue weighted by molar-refractivity contribution is 8.00. The number of carbonyl (C=O) groups excluding carboxylic acids is 1. The zero-order chi connectivity index (χ0) is 17.8. The van der Waals surface area contributed by atoms with Gasteiger partial charge >= 0.3 is 0 Å². The highest BCUT2D eigenvalue weighted by Gasteiger charge is 2.28. The molecule has 25 heavy (non-hydrogen) atoms. The average molecular weight is 382 g/mol. The average Bonchev–Trinajstić information content (AvgIpc) is 3.10. The van der Waals surface area contributed by atoms with Crippen LogP contribution < -0.4 is 4.90 Å². The maximum absolute atomic E-state index is 12.7. The molecule has 1 aromatic carbocycles. The Bertz CT molecular complexity index is 714. The number of carbonyl (C=O) groups is 1. The van der Waals surface area contributed by atoms with E-state index >= 15 is 0 Å². The number of hydrogen-bond donors (Lipinski definition) is 1. The summed E-state index contributed by atoms with van der Waals surface area (Å²) in [6, 6.07) is 7.28. The van der Waals surface area contributed by atoms with Gasteiger partial charge in [-0.05, 0) is 48.5 Å². The molecule has 1 aliphatic heterocycles. The molecule has 0 bridgehead atoms. The maximum Gasteiger partial charge on any atom is 0.236 e. The van der Waals surface area contributed by atoms with E-state index in [4.69, 9.17) is 11.6 Å². The zero-order valence-electron chi connectivity index (χ0n) is 14.4. The van der Waals surface area contributed by atoms with Gasteiger partial charge < -0.3 is 9.80 Å². The molecule has 1 aromatic heterocycles. The minimum atomic E-state index is -0.236. The number of amides is 1. The standard InChI is InChI=1S/C16H21ClN6OS/c1-3-21-8-10-22(11-9-21)15(24)12(2)25-16-18-19-20-23(16)14-6-4-13(17)5-7-14/h4-7,12H,3,8-11H2,1-2H3/p+1/t12-/m0/s1. The summed E-state index contributed by atoms with van der Waals surface area (Å²) in [6.07, 6.45) is 0. The number of thioether (sulfide) groups is 1. The van der Waals surface area contributed by atoms with E-state index in [-0.39, 0.29) is 11.2 Å². The summed E-state index contributed by atoms with van der Waals surface area (Å²) in [6.45, 7) is 8.87. The number of hydrogen-bond acceptors (Lipinski definition) is 5. The van der Waals surface area contributed by atoms with Crippen molar-refractivity contribution >= 4 is 29.3 Å². The second kappa shape index (κ2) is 8.16. The fourth-order valence-corrected chi connectivity index (χ4v) is 3.88. The molecule has 134 valence electrons. The van der Waals surface area contributed by atoms with E-state index < -0.39 is 0 Å². The Morgan fingerprint density at radius 1 is 1.32 bits per heavy atom. The van der Waals surface area contributed by atoms with Gasteiger partial charge in [0.05, 0.1) is 43.7 Å². The van der Waals surface area contributed by atoms with Crippen LogP contribution in [0.4, 0.5) is 0 Å². The number of halogens is 1. The van der Waals surface area contributed by atoms with Crippen LogP contribution in [-0.4, -0.2) is 69.0 Å². The Morgan fingerprint density at radius 2 is 2.00 bits per heavy atom. The van der Waals surface area contributed by atoms with Crippen molar-refractivity contribution in [3.63, 3.8) is 0 Å². The Balaban J connectivity index is 1.65. The number of tetrazole rings is 1. The molecule has 1 aliphatic rings. The van der Waals surface area contributed by atoms with Crippen molar-refractivity contribution in [2.75, 3.05) is 32.7 Å². The van der Waals surface area contributed by atoms with Crippen molar-refractivity contribution in [1.29, 1.82) is 0 Å². The van der Waals surface area contributed by atoms with Gasteiger partial charge in [0.2, 0.25) is 11.1 Å². The summed E-state index contributed by atoms with van der Waals surface area (Å²) in [5.74, 6) is 0.144. The molecular formula is C16H22ClN6OS+. The van der Waals surface area contributed by atoms with Gasteiger partial charge in [-0.15, -0.1) is 5.10 Å². The van der Waals surface area contributed by atoms with Crippen LogP contribution in [0.2, 0.25) is 5.02 Å². The molecule has 0 saturated carbocycles. The molecule has 7 nitrogen and oxygen atoms in total. The summed E-state index contributed by atoms with van der Waals surface area (Å²) in [5, 5.41) is 12.9. The molecule has 2 aromatic rings. The summed E-state index contributed by atoms with van der Waals surface area (Å²) < 4.78 is 1.63. The fraction of sp³-hybridized carbons (Fsp3) is 0.500. The van der Waals surface area contributed by atoms with Gasteiger partial charge in [-0.2, -0.15) is 4.68 Å². The first-order valence-electron chi connectivity index (χ1n) is 8.41. The molecule has 1 fully saturated rings. The third-order valence-electron chi connectivity index (χ3n) is 4.42. The molecule has 1 amide bonds. The number of benzene rings is 1. The van der Waals surface area contributed by atoms with Crippen molar-refractivity contribution in [3.8, 4) is 5.69 Å². The molecule has 3 rings (SSSR count). The third kappa shape index (κ3) is 4.31. The van der Waals surface area contributed by atoms with Gasteiger partial charge in [0, 0.05) is 5.02 Å². The van der Waals surface area contributed by atoms with Crippen LogP contribution in [-0.2, 0) is 4.79 Å². The number of rotatable bonds is 5. The minimum absolute atomic E-state index is 0.144. The number of nitrogens with zero attached hydrogens (tertiary/aromatic N) is 5. The lowest BCUT2D eigenvalue weighted by Gasteiger charge is -2.32. The van der Waals surface area contributed by atoms with E-state index in [2.05, 4.69) is 22.4 Å². The van der Waals surface area contributed by atoms with Crippen molar-refractivity contribution in [2.45, 2.75) is 24.3 Å². The highest BCUT2D eigenvalue weighted by Crippen LogP contribution is 2.24. The summed E-state index contributed by atoms with van der Waals surface area (Å²) >= 11 is 7.31. The molecule has 0 radical (unpaired) electrons. The van der Waals surface area contributed by atoms with Crippen molar-refractivity contribution in [1.82, 2.24) is 25.1 Å². The Morgan fingerprint density at radius 3 is 2.64 bits per heavy atom. The van der Waals surface area contributed by atoms with Crippen LogP contribution in [0.25, 0.3) is 5.69 Å². The van der Waals surface area contributed by atoms with Gasteiger partial charge in [0.25, 0.3) is 0 Å². The maximum atomic E-state index is 12.7. The largest absolute Gasteiger partial charge is 0.332 e.